The van der Waals surface area contributed by atoms with Crippen molar-refractivity contribution in [3.8, 4) is 11.5 Å². The van der Waals surface area contributed by atoms with Gasteiger partial charge in [0.05, 0.1) is 14.2 Å². The third kappa shape index (κ3) is 5.07. The van der Waals surface area contributed by atoms with Gasteiger partial charge in [-0.1, -0.05) is 42.8 Å². The molecule has 2 aromatic rings. The highest BCUT2D eigenvalue weighted by Crippen LogP contribution is 2.48. The first-order valence-corrected chi connectivity index (χ1v) is 13.3. The van der Waals surface area contributed by atoms with Gasteiger partial charge in [0.1, 0.15) is 12.0 Å². The summed E-state index contributed by atoms with van der Waals surface area (Å²) in [5.41, 5.74) is 4.08. The lowest BCUT2D eigenvalue weighted by Crippen LogP contribution is -2.39. The van der Waals surface area contributed by atoms with E-state index in [1.54, 1.807) is 14.2 Å². The number of Topliss-reactive ketones (excluding diaryl/α,β-unsaturated/α-hetero) is 1. The Hall–Kier alpha value is -3.41. The molecule has 3 aliphatic rings. The Morgan fingerprint density at radius 1 is 0.892 bits per heavy atom. The lowest BCUT2D eigenvalue weighted by Gasteiger charge is -2.37. The van der Waals surface area contributed by atoms with Crippen LogP contribution in [-0.4, -0.2) is 37.8 Å². The molecule has 1 saturated carbocycles. The molecule has 0 spiro atoms. The topological polar surface area (TPSA) is 74.2 Å². The number of benzene rings is 2. The van der Waals surface area contributed by atoms with Crippen molar-refractivity contribution in [3.05, 3.63) is 70.9 Å². The minimum absolute atomic E-state index is 0.0432. The number of hydrogen-bond donors (Lipinski definition) is 0. The van der Waals surface area contributed by atoms with Crippen LogP contribution in [0.2, 0.25) is 0 Å². The molecule has 6 heteroatoms. The minimum Gasteiger partial charge on any atom is -0.493 e. The van der Waals surface area contributed by atoms with E-state index < -0.39 is 11.8 Å². The Labute approximate surface area is 218 Å². The number of aliphatic imine (C=N–C) groups is 1. The maximum absolute atomic E-state index is 13.8. The predicted octanol–water partition coefficient (Wildman–Crippen LogP) is 6.15. The normalized spacial score (nSPS) is 24.2. The number of carbonyl (C=O) groups excluding carboxylic acids is 2. The Kier molecular flexibility index (Phi) is 7.45. The highest BCUT2D eigenvalue weighted by atomic mass is 16.5. The molecule has 1 aliphatic heterocycles. The molecular weight excluding hydrogens is 466 g/mol. The number of methoxy groups -OCH3 is 2. The Bertz CT molecular complexity index is 1230. The second-order valence-corrected chi connectivity index (χ2v) is 10.3. The van der Waals surface area contributed by atoms with Crippen molar-refractivity contribution >= 4 is 17.5 Å². The fourth-order valence-corrected chi connectivity index (χ4v) is 6.15. The second kappa shape index (κ2) is 10.9. The average Bonchev–Trinajstić information content (AvgIpc) is 2.92. The Morgan fingerprint density at radius 3 is 2.32 bits per heavy atom. The first-order chi connectivity index (χ1) is 18.0. The molecule has 2 aliphatic carbocycles. The first kappa shape index (κ1) is 25.2. The molecule has 3 atom stereocenters. The monoisotopic (exact) mass is 501 g/mol. The summed E-state index contributed by atoms with van der Waals surface area (Å²) in [6.07, 6.45) is 6.09. The van der Waals surface area contributed by atoms with E-state index in [0.717, 1.165) is 42.5 Å². The summed E-state index contributed by atoms with van der Waals surface area (Å²) in [7, 11) is 3.18. The summed E-state index contributed by atoms with van der Waals surface area (Å²) in [6, 6.07) is 15.8. The molecule has 1 fully saturated rings. The second-order valence-electron chi connectivity index (χ2n) is 10.3. The van der Waals surface area contributed by atoms with Crippen LogP contribution in [0.3, 0.4) is 0 Å². The molecule has 0 N–H and O–H groups in total. The zero-order valence-corrected chi connectivity index (χ0v) is 21.9. The maximum Gasteiger partial charge on any atom is 0.315 e. The SMILES string of the molecule is COc1ccc([C@H]2C3=C(C[C@@H](c4ccccc4)CC3=O)N=C(C)C2C(=O)OC2CCCCC2)cc1OC. The third-order valence-corrected chi connectivity index (χ3v) is 8.02. The van der Waals surface area contributed by atoms with E-state index in [1.165, 1.54) is 6.42 Å². The van der Waals surface area contributed by atoms with Crippen LogP contribution in [0.25, 0.3) is 0 Å². The molecule has 0 radical (unpaired) electrons. The van der Waals surface area contributed by atoms with Crippen molar-refractivity contribution in [1.29, 1.82) is 0 Å². The number of carbonyl (C=O) groups is 2. The number of ketones is 1. The van der Waals surface area contributed by atoms with Crippen molar-refractivity contribution in [1.82, 2.24) is 0 Å². The van der Waals surface area contributed by atoms with Crippen molar-refractivity contribution in [2.75, 3.05) is 14.2 Å². The van der Waals surface area contributed by atoms with Gasteiger partial charge in [-0.25, -0.2) is 0 Å². The molecule has 5 rings (SSSR count). The van der Waals surface area contributed by atoms with Gasteiger partial charge in [0, 0.05) is 29.3 Å². The van der Waals surface area contributed by atoms with Crippen LogP contribution >= 0.6 is 0 Å². The van der Waals surface area contributed by atoms with Gasteiger partial charge in [-0.3, -0.25) is 14.6 Å². The van der Waals surface area contributed by atoms with Gasteiger partial charge in [-0.05, 0) is 68.2 Å². The number of allylic oxidation sites excluding steroid dienone is 2. The van der Waals surface area contributed by atoms with Crippen molar-refractivity contribution in [3.63, 3.8) is 0 Å². The molecular formula is C31H35NO5. The van der Waals surface area contributed by atoms with Crippen LogP contribution in [0, 0.1) is 5.92 Å². The number of hydrogen-bond acceptors (Lipinski definition) is 6. The molecule has 0 saturated heterocycles. The molecule has 0 aromatic heterocycles. The zero-order valence-electron chi connectivity index (χ0n) is 21.9. The van der Waals surface area contributed by atoms with E-state index in [2.05, 4.69) is 12.1 Å². The van der Waals surface area contributed by atoms with Crippen LogP contribution < -0.4 is 9.47 Å². The summed E-state index contributed by atoms with van der Waals surface area (Å²) >= 11 is 0. The van der Waals surface area contributed by atoms with Gasteiger partial charge in [-0.2, -0.15) is 0 Å². The van der Waals surface area contributed by atoms with Crippen LogP contribution in [-0.2, 0) is 14.3 Å². The summed E-state index contributed by atoms with van der Waals surface area (Å²) in [4.78, 5) is 32.4. The maximum atomic E-state index is 13.8. The Morgan fingerprint density at radius 2 is 1.62 bits per heavy atom. The number of ether oxygens (including phenoxy) is 3. The molecule has 1 unspecified atom stereocenters. The third-order valence-electron chi connectivity index (χ3n) is 8.02. The molecule has 0 amide bonds. The predicted molar refractivity (Wildman–Crippen MR) is 142 cm³/mol. The van der Waals surface area contributed by atoms with E-state index >= 15 is 0 Å². The minimum atomic E-state index is -0.656. The van der Waals surface area contributed by atoms with Crippen LogP contribution in [0.15, 0.2) is 64.8 Å². The lowest BCUT2D eigenvalue weighted by molar-refractivity contribution is -0.153. The van der Waals surface area contributed by atoms with E-state index in [-0.39, 0.29) is 23.8 Å². The first-order valence-electron chi connectivity index (χ1n) is 13.3. The van der Waals surface area contributed by atoms with Crippen molar-refractivity contribution in [2.45, 2.75) is 69.8 Å². The lowest BCUT2D eigenvalue weighted by atomic mass is 9.69. The molecule has 6 nitrogen and oxygen atoms in total. The van der Waals surface area contributed by atoms with Gasteiger partial charge in [-0.15, -0.1) is 0 Å². The van der Waals surface area contributed by atoms with Gasteiger partial charge in [0.15, 0.2) is 17.3 Å². The van der Waals surface area contributed by atoms with Gasteiger partial charge < -0.3 is 14.2 Å². The standard InChI is InChI=1S/C31H35NO5/c1-19-28(31(34)37-23-12-8-5-9-13-23)29(21-14-15-26(35-2)27(18-21)36-3)30-24(32-19)16-22(17-25(30)33)20-10-6-4-7-11-20/h4,6-7,10-11,14-15,18,22-23,28-29H,5,8-9,12-13,16-17H2,1-3H3/t22-,28?,29-/m1/s1. The molecule has 1 heterocycles. The largest absolute Gasteiger partial charge is 0.493 e. The van der Waals surface area contributed by atoms with Gasteiger partial charge in [0.2, 0.25) is 0 Å². The van der Waals surface area contributed by atoms with Crippen LogP contribution in [0.1, 0.15) is 74.8 Å². The summed E-state index contributed by atoms with van der Waals surface area (Å²) in [6.45, 7) is 1.89. The Balaban J connectivity index is 1.56. The number of nitrogens with zero attached hydrogens (tertiary/aromatic N) is 1. The van der Waals surface area contributed by atoms with E-state index in [1.807, 2.05) is 43.3 Å². The van der Waals surface area contributed by atoms with Crippen LogP contribution in [0.4, 0.5) is 0 Å². The average molecular weight is 502 g/mol. The molecule has 194 valence electrons. The van der Waals surface area contributed by atoms with Gasteiger partial charge >= 0.3 is 5.97 Å². The molecule has 2 aromatic carbocycles. The van der Waals surface area contributed by atoms with Crippen molar-refractivity contribution < 1.29 is 23.8 Å². The van der Waals surface area contributed by atoms with Crippen molar-refractivity contribution in [2.24, 2.45) is 10.9 Å². The number of esters is 1. The highest BCUT2D eigenvalue weighted by molar-refractivity contribution is 6.09. The highest BCUT2D eigenvalue weighted by Gasteiger charge is 2.45. The van der Waals surface area contributed by atoms with E-state index in [0.29, 0.717) is 35.6 Å². The van der Waals surface area contributed by atoms with Gasteiger partial charge in [0.25, 0.3) is 0 Å². The molecule has 0 bridgehead atoms. The number of rotatable bonds is 6. The zero-order chi connectivity index (χ0) is 25.9. The summed E-state index contributed by atoms with van der Waals surface area (Å²) < 4.78 is 17.1. The van der Waals surface area contributed by atoms with Crippen LogP contribution in [0.5, 0.6) is 11.5 Å². The smallest absolute Gasteiger partial charge is 0.315 e. The summed E-state index contributed by atoms with van der Waals surface area (Å²) in [5, 5.41) is 0. The van der Waals surface area contributed by atoms with E-state index in [4.69, 9.17) is 19.2 Å². The fourth-order valence-electron chi connectivity index (χ4n) is 6.15. The molecule has 37 heavy (non-hydrogen) atoms. The quantitative estimate of drug-likeness (QED) is 0.444. The van der Waals surface area contributed by atoms with E-state index in [9.17, 15) is 9.59 Å². The fraction of sp³-hybridized carbons (Fsp3) is 0.452. The summed E-state index contributed by atoms with van der Waals surface area (Å²) in [5.74, 6) is -0.155.